The number of nitrogens with one attached hydrogen (secondary N) is 1. The van der Waals surface area contributed by atoms with Crippen LogP contribution in [0.5, 0.6) is 0 Å². The van der Waals surface area contributed by atoms with Crippen molar-refractivity contribution in [3.63, 3.8) is 0 Å². The summed E-state index contributed by atoms with van der Waals surface area (Å²) >= 11 is 0. The summed E-state index contributed by atoms with van der Waals surface area (Å²) in [6.45, 7) is 10.9. The molecule has 15 heavy (non-hydrogen) atoms. The van der Waals surface area contributed by atoms with Gasteiger partial charge in [0.05, 0.1) is 12.7 Å². The van der Waals surface area contributed by atoms with Gasteiger partial charge in [0.25, 0.3) is 0 Å². The first-order valence-corrected chi connectivity index (χ1v) is 6.19. The van der Waals surface area contributed by atoms with E-state index in [1.165, 1.54) is 6.42 Å². The van der Waals surface area contributed by atoms with Gasteiger partial charge in [-0.25, -0.2) is 0 Å². The molecule has 1 fully saturated rings. The summed E-state index contributed by atoms with van der Waals surface area (Å²) < 4.78 is 5.72. The first-order chi connectivity index (χ1) is 7.19. The van der Waals surface area contributed by atoms with Crippen molar-refractivity contribution in [3.8, 4) is 0 Å². The second-order valence-electron chi connectivity index (χ2n) is 4.77. The summed E-state index contributed by atoms with van der Waals surface area (Å²) in [4.78, 5) is 2.59. The lowest BCUT2D eigenvalue weighted by Gasteiger charge is -2.39. The lowest BCUT2D eigenvalue weighted by atomic mass is 9.99. The van der Waals surface area contributed by atoms with Crippen molar-refractivity contribution < 1.29 is 4.74 Å². The van der Waals surface area contributed by atoms with Gasteiger partial charge in [0, 0.05) is 25.7 Å². The van der Waals surface area contributed by atoms with E-state index in [2.05, 4.69) is 31.0 Å². The zero-order valence-electron chi connectivity index (χ0n) is 10.6. The molecule has 2 unspecified atom stereocenters. The molecule has 0 aliphatic carbocycles. The van der Waals surface area contributed by atoms with E-state index in [-0.39, 0.29) is 0 Å². The SMILES string of the molecule is CCC(C(C)C)N1CCOC(CNC)C1. The summed E-state index contributed by atoms with van der Waals surface area (Å²) in [7, 11) is 1.99. The second kappa shape index (κ2) is 6.46. The monoisotopic (exact) mass is 214 g/mol. The summed E-state index contributed by atoms with van der Waals surface area (Å²) in [6.07, 6.45) is 1.61. The average molecular weight is 214 g/mol. The molecular formula is C12H26N2O. The molecule has 0 amide bonds. The molecule has 2 atom stereocenters. The second-order valence-corrected chi connectivity index (χ2v) is 4.77. The molecule has 1 N–H and O–H groups in total. The molecule has 1 heterocycles. The van der Waals surface area contributed by atoms with Gasteiger partial charge in [-0.3, -0.25) is 4.90 Å². The van der Waals surface area contributed by atoms with Crippen LogP contribution in [0.2, 0.25) is 0 Å². The van der Waals surface area contributed by atoms with E-state index in [0.29, 0.717) is 12.1 Å². The van der Waals surface area contributed by atoms with E-state index in [9.17, 15) is 0 Å². The van der Waals surface area contributed by atoms with E-state index >= 15 is 0 Å². The van der Waals surface area contributed by atoms with Crippen LogP contribution in [0, 0.1) is 5.92 Å². The Morgan fingerprint density at radius 1 is 1.47 bits per heavy atom. The molecule has 1 aliphatic rings. The molecule has 0 radical (unpaired) electrons. The van der Waals surface area contributed by atoms with Gasteiger partial charge in [-0.2, -0.15) is 0 Å². The molecule has 3 nitrogen and oxygen atoms in total. The molecular weight excluding hydrogens is 188 g/mol. The van der Waals surface area contributed by atoms with Gasteiger partial charge in [0.15, 0.2) is 0 Å². The Morgan fingerprint density at radius 2 is 2.20 bits per heavy atom. The molecule has 1 aliphatic heterocycles. The zero-order valence-corrected chi connectivity index (χ0v) is 10.6. The van der Waals surface area contributed by atoms with Crippen molar-refractivity contribution in [2.45, 2.75) is 39.3 Å². The minimum atomic E-state index is 0.372. The largest absolute Gasteiger partial charge is 0.374 e. The Balaban J connectivity index is 2.46. The Labute approximate surface area is 94.2 Å². The summed E-state index contributed by atoms with van der Waals surface area (Å²) in [6, 6.07) is 0.716. The van der Waals surface area contributed by atoms with Gasteiger partial charge < -0.3 is 10.1 Å². The predicted octanol–water partition coefficient (Wildman–Crippen LogP) is 1.34. The van der Waals surface area contributed by atoms with Crippen molar-refractivity contribution in [1.82, 2.24) is 10.2 Å². The van der Waals surface area contributed by atoms with Crippen molar-refractivity contribution in [1.29, 1.82) is 0 Å². The first-order valence-electron chi connectivity index (χ1n) is 6.19. The minimum Gasteiger partial charge on any atom is -0.374 e. The number of likely N-dealkylation sites (N-methyl/N-ethyl adjacent to an activating group) is 1. The quantitative estimate of drug-likeness (QED) is 0.747. The maximum absolute atomic E-state index is 5.72. The Kier molecular flexibility index (Phi) is 5.58. The maximum atomic E-state index is 5.72. The number of rotatable bonds is 5. The predicted molar refractivity (Wildman–Crippen MR) is 64.2 cm³/mol. The molecule has 0 spiro atoms. The summed E-state index contributed by atoms with van der Waals surface area (Å²) in [5.41, 5.74) is 0. The molecule has 3 heteroatoms. The zero-order chi connectivity index (χ0) is 11.3. The lowest BCUT2D eigenvalue weighted by molar-refractivity contribution is -0.0483. The summed E-state index contributed by atoms with van der Waals surface area (Å²) in [5, 5.41) is 3.19. The molecule has 0 aromatic heterocycles. The fourth-order valence-corrected chi connectivity index (χ4v) is 2.55. The molecule has 1 saturated heterocycles. The van der Waals surface area contributed by atoms with E-state index in [0.717, 1.165) is 32.2 Å². The van der Waals surface area contributed by atoms with Gasteiger partial charge >= 0.3 is 0 Å². The van der Waals surface area contributed by atoms with Crippen LogP contribution < -0.4 is 5.32 Å². The molecule has 90 valence electrons. The number of hydrogen-bond donors (Lipinski definition) is 1. The molecule has 1 rings (SSSR count). The first kappa shape index (κ1) is 12.9. The highest BCUT2D eigenvalue weighted by molar-refractivity contribution is 4.80. The van der Waals surface area contributed by atoms with Crippen molar-refractivity contribution in [3.05, 3.63) is 0 Å². The van der Waals surface area contributed by atoms with Gasteiger partial charge in [-0.15, -0.1) is 0 Å². The standard InChI is InChI=1S/C12H26N2O/c1-5-12(10(2)3)14-6-7-15-11(9-14)8-13-4/h10-13H,5-9H2,1-4H3. The van der Waals surface area contributed by atoms with Crippen LogP contribution in [-0.2, 0) is 4.74 Å². The van der Waals surface area contributed by atoms with Crippen LogP contribution in [0.3, 0.4) is 0 Å². The van der Waals surface area contributed by atoms with Crippen LogP contribution in [0.25, 0.3) is 0 Å². The minimum absolute atomic E-state index is 0.372. The van der Waals surface area contributed by atoms with Crippen LogP contribution in [0.15, 0.2) is 0 Å². The third-order valence-corrected chi connectivity index (χ3v) is 3.26. The van der Waals surface area contributed by atoms with Gasteiger partial charge in [-0.05, 0) is 19.4 Å². The Morgan fingerprint density at radius 3 is 2.73 bits per heavy atom. The highest BCUT2D eigenvalue weighted by Gasteiger charge is 2.26. The van der Waals surface area contributed by atoms with E-state index < -0.39 is 0 Å². The fraction of sp³-hybridized carbons (Fsp3) is 1.00. The van der Waals surface area contributed by atoms with Crippen LogP contribution in [0.1, 0.15) is 27.2 Å². The highest BCUT2D eigenvalue weighted by atomic mass is 16.5. The van der Waals surface area contributed by atoms with E-state index in [4.69, 9.17) is 4.74 Å². The molecule has 0 aromatic rings. The van der Waals surface area contributed by atoms with E-state index in [1.54, 1.807) is 0 Å². The molecule has 0 aromatic carbocycles. The Bertz CT molecular complexity index is 171. The van der Waals surface area contributed by atoms with Gasteiger partial charge in [0.1, 0.15) is 0 Å². The van der Waals surface area contributed by atoms with E-state index in [1.807, 2.05) is 7.05 Å². The molecule has 0 bridgehead atoms. The maximum Gasteiger partial charge on any atom is 0.0826 e. The third-order valence-electron chi connectivity index (χ3n) is 3.26. The van der Waals surface area contributed by atoms with Crippen LogP contribution in [-0.4, -0.2) is 50.3 Å². The lowest BCUT2D eigenvalue weighted by Crippen LogP contribution is -2.51. The average Bonchev–Trinajstić information content (AvgIpc) is 2.19. The number of nitrogens with zero attached hydrogens (tertiary/aromatic N) is 1. The van der Waals surface area contributed by atoms with Crippen molar-refractivity contribution >= 4 is 0 Å². The van der Waals surface area contributed by atoms with Gasteiger partial charge in [-0.1, -0.05) is 20.8 Å². The highest BCUT2D eigenvalue weighted by Crippen LogP contribution is 2.17. The van der Waals surface area contributed by atoms with Crippen molar-refractivity contribution in [2.24, 2.45) is 5.92 Å². The molecule has 0 saturated carbocycles. The third kappa shape index (κ3) is 3.74. The topological polar surface area (TPSA) is 24.5 Å². The van der Waals surface area contributed by atoms with Crippen LogP contribution in [0.4, 0.5) is 0 Å². The summed E-state index contributed by atoms with van der Waals surface area (Å²) in [5.74, 6) is 0.739. The van der Waals surface area contributed by atoms with Gasteiger partial charge in [0.2, 0.25) is 0 Å². The number of ether oxygens (including phenoxy) is 1. The smallest absolute Gasteiger partial charge is 0.0826 e. The number of hydrogen-bond acceptors (Lipinski definition) is 3. The Hall–Kier alpha value is -0.120. The van der Waals surface area contributed by atoms with Crippen LogP contribution >= 0.6 is 0 Å². The number of morpholine rings is 1. The van der Waals surface area contributed by atoms with Crippen molar-refractivity contribution in [2.75, 3.05) is 33.3 Å². The normalized spacial score (nSPS) is 25.8. The fourth-order valence-electron chi connectivity index (χ4n) is 2.55.